The van der Waals surface area contributed by atoms with Gasteiger partial charge in [-0.2, -0.15) is 13.2 Å². The Hall–Kier alpha value is -1.69. The molecular formula is C23H30F3N3O4S. The molecule has 4 aliphatic rings. The summed E-state index contributed by atoms with van der Waals surface area (Å²) in [5.74, 6) is -0.0771. The Balaban J connectivity index is 1.44. The molecule has 1 aliphatic carbocycles. The molecular weight excluding hydrogens is 471 g/mol. The summed E-state index contributed by atoms with van der Waals surface area (Å²) in [6.07, 6.45) is -0.391. The van der Waals surface area contributed by atoms with E-state index in [0.717, 1.165) is 38.5 Å². The molecule has 0 radical (unpaired) electrons. The fourth-order valence-electron chi connectivity index (χ4n) is 6.65. The van der Waals surface area contributed by atoms with Gasteiger partial charge >= 0.3 is 6.18 Å². The zero-order valence-electron chi connectivity index (χ0n) is 19.0. The number of rotatable bonds is 3. The Morgan fingerprint density at radius 2 is 1.88 bits per heavy atom. The second kappa shape index (κ2) is 8.18. The number of benzene rings is 1. The van der Waals surface area contributed by atoms with Crippen LogP contribution in [0.15, 0.2) is 17.0 Å². The number of ether oxygens (including phenoxy) is 1. The normalized spacial score (nSPS) is 32.3. The van der Waals surface area contributed by atoms with Gasteiger partial charge in [0.2, 0.25) is 15.9 Å². The molecule has 0 aromatic heterocycles. The first-order chi connectivity index (χ1) is 15.9. The molecule has 1 aromatic carbocycles. The molecule has 7 nitrogen and oxygen atoms in total. The Morgan fingerprint density at radius 3 is 2.53 bits per heavy atom. The van der Waals surface area contributed by atoms with Crippen molar-refractivity contribution in [2.24, 2.45) is 16.5 Å². The molecule has 3 aliphatic heterocycles. The van der Waals surface area contributed by atoms with E-state index in [9.17, 15) is 26.4 Å². The van der Waals surface area contributed by atoms with Crippen molar-refractivity contribution in [3.8, 4) is 0 Å². The number of nitrogens with one attached hydrogen (secondary N) is 1. The third-order valence-electron chi connectivity index (χ3n) is 8.47. The lowest BCUT2D eigenvalue weighted by Gasteiger charge is -2.34. The summed E-state index contributed by atoms with van der Waals surface area (Å²) in [7, 11) is -4.36. The van der Waals surface area contributed by atoms with Gasteiger partial charge in [0.05, 0.1) is 15.9 Å². The average Bonchev–Trinajstić information content (AvgIpc) is 3.27. The van der Waals surface area contributed by atoms with E-state index in [0.29, 0.717) is 30.5 Å². The first kappa shape index (κ1) is 24.0. The van der Waals surface area contributed by atoms with Crippen LogP contribution in [0.4, 0.5) is 13.2 Å². The van der Waals surface area contributed by atoms with Crippen molar-refractivity contribution < 1.29 is 31.1 Å². The van der Waals surface area contributed by atoms with E-state index in [1.54, 1.807) is 4.90 Å². The lowest BCUT2D eigenvalue weighted by atomic mass is 9.73. The number of carbonyl (C=O) groups excluding carboxylic acids is 1. The van der Waals surface area contributed by atoms with Gasteiger partial charge in [-0.15, -0.1) is 0 Å². The van der Waals surface area contributed by atoms with Gasteiger partial charge in [0.25, 0.3) is 0 Å². The fourth-order valence-corrected chi connectivity index (χ4v) is 7.50. The third kappa shape index (κ3) is 3.94. The number of primary sulfonamides is 1. The molecule has 1 amide bonds. The van der Waals surface area contributed by atoms with Crippen molar-refractivity contribution in [1.82, 2.24) is 10.2 Å². The van der Waals surface area contributed by atoms with Crippen molar-refractivity contribution in [1.29, 1.82) is 0 Å². The summed E-state index contributed by atoms with van der Waals surface area (Å²) in [4.78, 5) is 14.9. The minimum atomic E-state index is -4.72. The molecule has 3 N–H and O–H groups in total. The SMILES string of the molecule is CC1C2Cc3c(cc(C(F)(F)F)cc3S(N)(=O)=O)CN2C(=O)[C@]12CC[C@@H](NC1CCOCC1)C2. The van der Waals surface area contributed by atoms with Crippen molar-refractivity contribution in [3.05, 3.63) is 28.8 Å². The lowest BCUT2D eigenvalue weighted by molar-refractivity contribution is -0.138. The highest BCUT2D eigenvalue weighted by atomic mass is 32.2. The molecule has 2 saturated heterocycles. The van der Waals surface area contributed by atoms with E-state index < -0.39 is 32.1 Å². The van der Waals surface area contributed by atoms with Crippen LogP contribution in [0.5, 0.6) is 0 Å². The summed E-state index contributed by atoms with van der Waals surface area (Å²) in [5.41, 5.74) is -1.12. The summed E-state index contributed by atoms with van der Waals surface area (Å²) in [6, 6.07) is 1.90. The average molecular weight is 502 g/mol. The third-order valence-corrected chi connectivity index (χ3v) is 9.44. The molecule has 1 spiro atoms. The van der Waals surface area contributed by atoms with Crippen LogP contribution in [0.25, 0.3) is 0 Å². The highest BCUT2D eigenvalue weighted by molar-refractivity contribution is 7.89. The molecule has 5 rings (SSSR count). The standard InChI is InChI=1S/C23H30F3N3O4S/c1-13-19-10-18-14(8-15(23(24,25)26)9-20(18)34(27,31)32)12-29(19)21(30)22(13)5-2-17(11-22)28-16-3-6-33-7-4-16/h8-9,13,16-17,19,28H,2-7,10-12H2,1H3,(H2,27,31,32)/t13?,17-,19?,22+/m1/s1. The Bertz CT molecular complexity index is 1100. The molecule has 0 bridgehead atoms. The van der Waals surface area contributed by atoms with Gasteiger partial charge in [-0.1, -0.05) is 6.92 Å². The van der Waals surface area contributed by atoms with Gasteiger partial charge in [-0.05, 0) is 67.7 Å². The number of carbonyl (C=O) groups is 1. The van der Waals surface area contributed by atoms with Crippen molar-refractivity contribution in [2.75, 3.05) is 13.2 Å². The first-order valence-electron chi connectivity index (χ1n) is 11.8. The minimum Gasteiger partial charge on any atom is -0.381 e. The predicted molar refractivity (Wildman–Crippen MR) is 117 cm³/mol. The van der Waals surface area contributed by atoms with Crippen molar-refractivity contribution in [3.63, 3.8) is 0 Å². The molecule has 4 atom stereocenters. The smallest absolute Gasteiger partial charge is 0.381 e. The number of fused-ring (bicyclic) bond motifs is 2. The molecule has 1 aromatic rings. The number of hydrogen-bond acceptors (Lipinski definition) is 5. The van der Waals surface area contributed by atoms with Crippen LogP contribution >= 0.6 is 0 Å². The van der Waals surface area contributed by atoms with Crippen LogP contribution in [0.3, 0.4) is 0 Å². The number of nitrogens with zero attached hydrogens (tertiary/aromatic N) is 1. The van der Waals surface area contributed by atoms with Crippen molar-refractivity contribution in [2.45, 2.75) is 81.2 Å². The van der Waals surface area contributed by atoms with Crippen LogP contribution in [0, 0.1) is 11.3 Å². The van der Waals surface area contributed by atoms with Crippen molar-refractivity contribution >= 4 is 15.9 Å². The predicted octanol–water partition coefficient (Wildman–Crippen LogP) is 2.56. The second-order valence-corrected chi connectivity index (χ2v) is 11.8. The number of halogens is 3. The maximum atomic E-state index is 13.7. The van der Waals surface area contributed by atoms with Crippen LogP contribution < -0.4 is 10.5 Å². The highest BCUT2D eigenvalue weighted by Crippen LogP contribution is 2.55. The summed E-state index contributed by atoms with van der Waals surface area (Å²) in [6.45, 7) is 3.44. The fraction of sp³-hybridized carbons (Fsp3) is 0.696. The summed E-state index contributed by atoms with van der Waals surface area (Å²) >= 11 is 0. The molecule has 188 valence electrons. The number of amides is 1. The first-order valence-corrected chi connectivity index (χ1v) is 13.4. The molecule has 2 unspecified atom stereocenters. The zero-order valence-corrected chi connectivity index (χ0v) is 19.8. The van der Waals surface area contributed by atoms with E-state index in [4.69, 9.17) is 9.88 Å². The second-order valence-electron chi connectivity index (χ2n) is 10.3. The summed E-state index contributed by atoms with van der Waals surface area (Å²) < 4.78 is 70.3. The van der Waals surface area contributed by atoms with E-state index in [2.05, 4.69) is 5.32 Å². The Labute approximate surface area is 197 Å². The van der Waals surface area contributed by atoms with Gasteiger partial charge in [0.1, 0.15) is 0 Å². The number of nitrogens with two attached hydrogens (primary N) is 1. The van der Waals surface area contributed by atoms with Crippen LogP contribution in [0.1, 0.15) is 55.7 Å². The monoisotopic (exact) mass is 501 g/mol. The van der Waals surface area contributed by atoms with Crippen LogP contribution in [-0.4, -0.2) is 50.6 Å². The molecule has 3 heterocycles. The Morgan fingerprint density at radius 1 is 1.18 bits per heavy atom. The lowest BCUT2D eigenvalue weighted by Crippen LogP contribution is -2.42. The zero-order chi connectivity index (χ0) is 24.5. The molecule has 11 heteroatoms. The van der Waals surface area contributed by atoms with Gasteiger partial charge in [0, 0.05) is 37.9 Å². The van der Waals surface area contributed by atoms with E-state index in [1.165, 1.54) is 0 Å². The number of alkyl halides is 3. The number of hydrogen-bond donors (Lipinski definition) is 2. The maximum Gasteiger partial charge on any atom is 0.416 e. The highest BCUT2D eigenvalue weighted by Gasteiger charge is 2.60. The van der Waals surface area contributed by atoms with Gasteiger partial charge < -0.3 is 15.0 Å². The van der Waals surface area contributed by atoms with Gasteiger partial charge in [-0.25, -0.2) is 13.6 Å². The quantitative estimate of drug-likeness (QED) is 0.663. The number of sulfonamides is 1. The van der Waals surface area contributed by atoms with E-state index >= 15 is 0 Å². The van der Waals surface area contributed by atoms with Gasteiger partial charge in [-0.3, -0.25) is 4.79 Å². The maximum absolute atomic E-state index is 13.7. The largest absolute Gasteiger partial charge is 0.416 e. The minimum absolute atomic E-state index is 0.0264. The Kier molecular flexibility index (Phi) is 5.78. The van der Waals surface area contributed by atoms with E-state index in [-0.39, 0.29) is 42.4 Å². The van der Waals surface area contributed by atoms with Crippen LogP contribution in [0.2, 0.25) is 0 Å². The van der Waals surface area contributed by atoms with E-state index in [1.807, 2.05) is 6.92 Å². The topological polar surface area (TPSA) is 102 Å². The summed E-state index contributed by atoms with van der Waals surface area (Å²) in [5, 5.41) is 9.01. The molecule has 34 heavy (non-hydrogen) atoms. The molecule has 3 fully saturated rings. The van der Waals surface area contributed by atoms with Crippen LogP contribution in [-0.2, 0) is 38.7 Å². The molecule has 1 saturated carbocycles. The van der Waals surface area contributed by atoms with Gasteiger partial charge in [0.15, 0.2) is 0 Å².